The van der Waals surface area contributed by atoms with E-state index in [1.807, 2.05) is 6.07 Å². The Balaban J connectivity index is 2.39. The molecule has 0 aliphatic heterocycles. The molecule has 0 atom stereocenters. The second-order valence-corrected chi connectivity index (χ2v) is 2.53. The van der Waals surface area contributed by atoms with Crippen LogP contribution < -0.4 is 10.4 Å². The minimum absolute atomic E-state index is 0.251. The van der Waals surface area contributed by atoms with Crippen LogP contribution in [0.4, 0.5) is 4.79 Å². The van der Waals surface area contributed by atoms with Crippen LogP contribution >= 0.6 is 0 Å². The van der Waals surface area contributed by atoms with Gasteiger partial charge in [0.2, 0.25) is 0 Å². The number of hydrogen-bond donors (Lipinski definition) is 1. The van der Waals surface area contributed by atoms with Crippen LogP contribution in [0, 0.1) is 11.3 Å². The van der Waals surface area contributed by atoms with Crippen molar-refractivity contribution in [1.82, 2.24) is 5.32 Å². The van der Waals surface area contributed by atoms with Crippen molar-refractivity contribution in [2.24, 2.45) is 0 Å². The summed E-state index contributed by atoms with van der Waals surface area (Å²) in [6.45, 7) is 0. The molecule has 1 saturated carbocycles. The first kappa shape index (κ1) is 6.87. The van der Waals surface area contributed by atoms with Gasteiger partial charge in [-0.2, -0.15) is 5.26 Å². The molecule has 1 rings (SSSR count). The highest BCUT2D eigenvalue weighted by Crippen LogP contribution is 2.37. The molecule has 4 heteroatoms. The lowest BCUT2D eigenvalue weighted by atomic mass is 10.2. The molecule has 0 spiro atoms. The summed E-state index contributed by atoms with van der Waals surface area (Å²) in [7, 11) is 0. The Bertz CT molecular complexity index is 190. The molecule has 1 N–H and O–H groups in total. The van der Waals surface area contributed by atoms with E-state index in [0.29, 0.717) is 0 Å². The summed E-state index contributed by atoms with van der Waals surface area (Å²) in [6.07, 6.45) is 0.483. The van der Waals surface area contributed by atoms with E-state index in [0.717, 1.165) is 12.8 Å². The van der Waals surface area contributed by atoms with Crippen molar-refractivity contribution in [2.75, 3.05) is 0 Å². The van der Waals surface area contributed by atoms with E-state index in [-0.39, 0.29) is 6.42 Å². The molecule has 1 aliphatic rings. The minimum Gasteiger partial charge on any atom is -0.530 e. The van der Waals surface area contributed by atoms with E-state index in [4.69, 9.17) is 5.26 Å². The fourth-order valence-electron chi connectivity index (χ4n) is 0.865. The Hall–Kier alpha value is -1.24. The second kappa shape index (κ2) is 2.18. The molecule has 4 nitrogen and oxygen atoms in total. The highest BCUT2D eigenvalue weighted by Gasteiger charge is 2.42. The Morgan fingerprint density at radius 2 is 2.40 bits per heavy atom. The highest BCUT2D eigenvalue weighted by molar-refractivity contribution is 5.64. The van der Waals surface area contributed by atoms with Crippen LogP contribution in [-0.4, -0.2) is 11.6 Å². The smallest absolute Gasteiger partial charge is 0.134 e. The number of nitrogens with one attached hydrogen (secondary N) is 1. The van der Waals surface area contributed by atoms with Crippen LogP contribution in [0.2, 0.25) is 0 Å². The third kappa shape index (κ3) is 1.38. The first-order valence-corrected chi connectivity index (χ1v) is 3.05. The van der Waals surface area contributed by atoms with E-state index in [1.54, 1.807) is 0 Å². The maximum Gasteiger partial charge on any atom is 0.134 e. The molecule has 0 radical (unpaired) electrons. The summed E-state index contributed by atoms with van der Waals surface area (Å²) >= 11 is 0. The van der Waals surface area contributed by atoms with Crippen LogP contribution in [0.5, 0.6) is 0 Å². The molecular formula is C6H7N2O2-. The van der Waals surface area contributed by atoms with Crippen LogP contribution in [0.1, 0.15) is 19.3 Å². The molecule has 1 amide bonds. The molecule has 0 bridgehead atoms. The van der Waals surface area contributed by atoms with Gasteiger partial charge >= 0.3 is 0 Å². The number of carbonyl (C=O) groups excluding carboxylic acids is 1. The average molecular weight is 139 g/mol. The molecule has 1 aliphatic carbocycles. The minimum atomic E-state index is -1.28. The topological polar surface area (TPSA) is 76.0 Å². The van der Waals surface area contributed by atoms with E-state index in [1.165, 1.54) is 0 Å². The van der Waals surface area contributed by atoms with E-state index >= 15 is 0 Å². The lowest BCUT2D eigenvalue weighted by Gasteiger charge is -2.14. The van der Waals surface area contributed by atoms with Crippen LogP contribution in [0.25, 0.3) is 0 Å². The third-order valence-corrected chi connectivity index (χ3v) is 1.64. The average Bonchev–Trinajstić information content (AvgIpc) is 2.47. The Labute approximate surface area is 58.5 Å². The van der Waals surface area contributed by atoms with Gasteiger partial charge in [0, 0.05) is 0 Å². The van der Waals surface area contributed by atoms with Gasteiger partial charge in [-0.25, -0.2) is 0 Å². The SMILES string of the molecule is N#CCC1(NC(=O)[O-])CC1. The van der Waals surface area contributed by atoms with Gasteiger partial charge < -0.3 is 15.2 Å². The summed E-state index contributed by atoms with van der Waals surface area (Å²) in [6, 6.07) is 1.92. The zero-order chi connectivity index (χ0) is 7.61. The number of amides is 1. The number of nitrogens with zero attached hydrogens (tertiary/aromatic N) is 1. The lowest BCUT2D eigenvalue weighted by molar-refractivity contribution is -0.252. The lowest BCUT2D eigenvalue weighted by Crippen LogP contribution is -2.44. The van der Waals surface area contributed by atoms with E-state index < -0.39 is 11.6 Å². The van der Waals surface area contributed by atoms with Crippen molar-refractivity contribution < 1.29 is 9.90 Å². The van der Waals surface area contributed by atoms with Gasteiger partial charge in [0.15, 0.2) is 0 Å². The molecule has 10 heavy (non-hydrogen) atoms. The zero-order valence-electron chi connectivity index (χ0n) is 5.39. The third-order valence-electron chi connectivity index (χ3n) is 1.64. The standard InChI is InChI=1S/C6H8N2O2/c7-4-3-6(1-2-6)8-5(9)10/h8H,1-3H2,(H,9,10)/p-1. The summed E-state index contributed by atoms with van der Waals surface area (Å²) < 4.78 is 0. The fraction of sp³-hybridized carbons (Fsp3) is 0.667. The van der Waals surface area contributed by atoms with Crippen molar-refractivity contribution in [1.29, 1.82) is 5.26 Å². The number of carbonyl (C=O) groups is 1. The van der Waals surface area contributed by atoms with E-state index in [9.17, 15) is 9.90 Å². The molecule has 0 aromatic heterocycles. The molecule has 0 aromatic carbocycles. The maximum absolute atomic E-state index is 10.00. The van der Waals surface area contributed by atoms with E-state index in [2.05, 4.69) is 5.32 Å². The molecule has 0 heterocycles. The van der Waals surface area contributed by atoms with Gasteiger partial charge in [-0.1, -0.05) is 0 Å². The number of nitriles is 1. The highest BCUT2D eigenvalue weighted by atomic mass is 16.4. The van der Waals surface area contributed by atoms with Crippen molar-refractivity contribution >= 4 is 6.09 Å². The predicted molar refractivity (Wildman–Crippen MR) is 30.7 cm³/mol. The summed E-state index contributed by atoms with van der Waals surface area (Å²) in [5.74, 6) is 0. The maximum atomic E-state index is 10.00. The molecule has 0 aromatic rings. The first-order chi connectivity index (χ1) is 4.68. The van der Waals surface area contributed by atoms with Gasteiger partial charge in [0.05, 0.1) is 18.0 Å². The second-order valence-electron chi connectivity index (χ2n) is 2.53. The molecule has 1 fully saturated rings. The zero-order valence-corrected chi connectivity index (χ0v) is 5.39. The first-order valence-electron chi connectivity index (χ1n) is 3.05. The van der Waals surface area contributed by atoms with Crippen LogP contribution in [0.15, 0.2) is 0 Å². The van der Waals surface area contributed by atoms with Gasteiger partial charge in [-0.05, 0) is 12.8 Å². The van der Waals surface area contributed by atoms with Crippen molar-refractivity contribution in [3.05, 3.63) is 0 Å². The predicted octanol–water partition coefficient (Wildman–Crippen LogP) is -0.634. The normalized spacial score (nSPS) is 19.1. The van der Waals surface area contributed by atoms with Gasteiger partial charge in [0.1, 0.15) is 6.09 Å². The fourth-order valence-corrected chi connectivity index (χ4v) is 0.865. The van der Waals surface area contributed by atoms with Crippen LogP contribution in [0.3, 0.4) is 0 Å². The molecule has 0 unspecified atom stereocenters. The van der Waals surface area contributed by atoms with Gasteiger partial charge in [-0.3, -0.25) is 0 Å². The largest absolute Gasteiger partial charge is 0.530 e. The molecular weight excluding hydrogens is 132 g/mol. The van der Waals surface area contributed by atoms with Gasteiger partial charge in [-0.15, -0.1) is 0 Å². The summed E-state index contributed by atoms with van der Waals surface area (Å²) in [4.78, 5) is 10.00. The number of carboxylic acid groups (broad SMARTS) is 1. The quantitative estimate of drug-likeness (QED) is 0.553. The monoisotopic (exact) mass is 139 g/mol. The van der Waals surface area contributed by atoms with Crippen molar-refractivity contribution in [2.45, 2.75) is 24.8 Å². The van der Waals surface area contributed by atoms with Crippen LogP contribution in [-0.2, 0) is 0 Å². The Morgan fingerprint density at radius 1 is 1.80 bits per heavy atom. The van der Waals surface area contributed by atoms with Gasteiger partial charge in [0.25, 0.3) is 0 Å². The molecule has 0 saturated heterocycles. The van der Waals surface area contributed by atoms with Crippen molar-refractivity contribution in [3.63, 3.8) is 0 Å². The Kier molecular flexibility index (Phi) is 1.50. The number of hydrogen-bond acceptors (Lipinski definition) is 3. The van der Waals surface area contributed by atoms with Crippen molar-refractivity contribution in [3.8, 4) is 6.07 Å². The molecule has 54 valence electrons. The summed E-state index contributed by atoms with van der Waals surface area (Å²) in [5, 5.41) is 20.5. The summed E-state index contributed by atoms with van der Waals surface area (Å²) in [5.41, 5.74) is -0.451. The number of rotatable bonds is 2. The Morgan fingerprint density at radius 3 is 2.70 bits per heavy atom.